The van der Waals surface area contributed by atoms with Crippen LogP contribution in [0.25, 0.3) is 0 Å². The van der Waals surface area contributed by atoms with E-state index < -0.39 is 11.6 Å². The molecule has 0 rings (SSSR count). The molecule has 0 saturated heterocycles. The van der Waals surface area contributed by atoms with Crippen molar-refractivity contribution >= 4 is 0 Å². The molecule has 0 nitrogen and oxygen atoms in total. The van der Waals surface area contributed by atoms with Gasteiger partial charge in [0.15, 0.2) is 0 Å². The Kier molecular flexibility index (Phi) is 4.08. The van der Waals surface area contributed by atoms with Gasteiger partial charge in [0.2, 0.25) is 0 Å². The Morgan fingerprint density at radius 1 is 0.917 bits per heavy atom. The molecule has 0 aromatic carbocycles. The van der Waals surface area contributed by atoms with Crippen LogP contribution in [0.15, 0.2) is 0 Å². The van der Waals surface area contributed by atoms with Crippen LogP contribution >= 0.6 is 0 Å². The molecule has 0 spiro atoms. The van der Waals surface area contributed by atoms with Crippen molar-refractivity contribution < 1.29 is 13.2 Å². The minimum Gasteiger partial charge on any atom is -0.171 e. The van der Waals surface area contributed by atoms with E-state index in [1.165, 1.54) is 6.92 Å². The molecule has 0 bridgehead atoms. The minimum absolute atomic E-state index is 0.240. The Bertz CT molecular complexity index is 120. The zero-order valence-electron chi connectivity index (χ0n) is 7.96. The third kappa shape index (κ3) is 2.68. The van der Waals surface area contributed by atoms with Gasteiger partial charge in [0.25, 0.3) is 0 Å². The standard InChI is InChI=1S/C9H17F3/c1-4-6-8(3,7-5-2)9(10,11)12/h4-7H2,1-3H3. The van der Waals surface area contributed by atoms with Crippen molar-refractivity contribution in [3.8, 4) is 0 Å². The van der Waals surface area contributed by atoms with Crippen molar-refractivity contribution in [2.75, 3.05) is 0 Å². The summed E-state index contributed by atoms with van der Waals surface area (Å²) >= 11 is 0. The van der Waals surface area contributed by atoms with Crippen molar-refractivity contribution in [1.29, 1.82) is 0 Å². The maximum Gasteiger partial charge on any atom is 0.394 e. The molecule has 74 valence electrons. The van der Waals surface area contributed by atoms with Crippen molar-refractivity contribution in [2.45, 2.75) is 52.6 Å². The lowest BCUT2D eigenvalue weighted by molar-refractivity contribution is -0.223. The summed E-state index contributed by atoms with van der Waals surface area (Å²) in [5.41, 5.74) is -1.46. The minimum atomic E-state index is -4.04. The van der Waals surface area contributed by atoms with Gasteiger partial charge in [-0.3, -0.25) is 0 Å². The summed E-state index contributed by atoms with van der Waals surface area (Å²) in [6.45, 7) is 4.90. The van der Waals surface area contributed by atoms with E-state index in [0.717, 1.165) is 0 Å². The van der Waals surface area contributed by atoms with E-state index >= 15 is 0 Å². The number of alkyl halides is 3. The third-order valence-corrected chi connectivity index (χ3v) is 2.29. The van der Waals surface area contributed by atoms with Crippen molar-refractivity contribution in [1.82, 2.24) is 0 Å². The molecule has 0 aromatic rings. The molecule has 0 radical (unpaired) electrons. The summed E-state index contributed by atoms with van der Waals surface area (Å²) in [6.07, 6.45) is -2.38. The highest BCUT2D eigenvalue weighted by molar-refractivity contribution is 4.81. The van der Waals surface area contributed by atoms with Crippen LogP contribution in [0.4, 0.5) is 13.2 Å². The van der Waals surface area contributed by atoms with Crippen LogP contribution in [0.1, 0.15) is 46.5 Å². The second-order valence-corrected chi connectivity index (χ2v) is 3.56. The maximum atomic E-state index is 12.5. The topological polar surface area (TPSA) is 0 Å². The van der Waals surface area contributed by atoms with Gasteiger partial charge >= 0.3 is 6.18 Å². The van der Waals surface area contributed by atoms with Crippen LogP contribution in [0.2, 0.25) is 0 Å². The number of hydrogen-bond acceptors (Lipinski definition) is 0. The zero-order chi connectivity index (χ0) is 9.83. The zero-order valence-corrected chi connectivity index (χ0v) is 7.96. The monoisotopic (exact) mass is 182 g/mol. The van der Waals surface area contributed by atoms with Gasteiger partial charge in [-0.25, -0.2) is 0 Å². The molecular weight excluding hydrogens is 165 g/mol. The number of halogens is 3. The molecule has 0 aliphatic heterocycles. The first-order valence-corrected chi connectivity index (χ1v) is 4.44. The largest absolute Gasteiger partial charge is 0.394 e. The Morgan fingerprint density at radius 3 is 1.42 bits per heavy atom. The fourth-order valence-electron chi connectivity index (χ4n) is 1.51. The average Bonchev–Trinajstić information content (AvgIpc) is 1.86. The first kappa shape index (κ1) is 11.8. The fraction of sp³-hybridized carbons (Fsp3) is 1.00. The highest BCUT2D eigenvalue weighted by Gasteiger charge is 2.49. The smallest absolute Gasteiger partial charge is 0.171 e. The maximum absolute atomic E-state index is 12.5. The molecule has 0 fully saturated rings. The molecule has 0 aromatic heterocycles. The summed E-state index contributed by atoms with van der Waals surface area (Å²) < 4.78 is 37.4. The molecule has 0 aliphatic rings. The Labute approximate surface area is 72.2 Å². The molecule has 0 heterocycles. The molecule has 0 amide bonds. The first-order valence-electron chi connectivity index (χ1n) is 4.44. The number of hydrogen-bond donors (Lipinski definition) is 0. The van der Waals surface area contributed by atoms with Crippen molar-refractivity contribution in [3.63, 3.8) is 0 Å². The Morgan fingerprint density at radius 2 is 1.25 bits per heavy atom. The van der Waals surface area contributed by atoms with E-state index in [4.69, 9.17) is 0 Å². The van der Waals surface area contributed by atoms with Crippen LogP contribution in [0, 0.1) is 5.41 Å². The second kappa shape index (κ2) is 4.15. The van der Waals surface area contributed by atoms with Crippen LogP contribution in [0.3, 0.4) is 0 Å². The van der Waals surface area contributed by atoms with Gasteiger partial charge < -0.3 is 0 Å². The molecule has 0 atom stereocenters. The summed E-state index contributed by atoms with van der Waals surface area (Å²) in [6, 6.07) is 0. The van der Waals surface area contributed by atoms with Gasteiger partial charge in [0, 0.05) is 0 Å². The summed E-state index contributed by atoms with van der Waals surface area (Å²) in [5.74, 6) is 0. The summed E-state index contributed by atoms with van der Waals surface area (Å²) in [5, 5.41) is 0. The van der Waals surface area contributed by atoms with E-state index in [1.807, 2.05) is 0 Å². The van der Waals surface area contributed by atoms with Crippen LogP contribution in [0.5, 0.6) is 0 Å². The molecule has 3 heteroatoms. The third-order valence-electron chi connectivity index (χ3n) is 2.29. The van der Waals surface area contributed by atoms with Crippen LogP contribution in [-0.2, 0) is 0 Å². The van der Waals surface area contributed by atoms with Gasteiger partial charge in [-0.05, 0) is 12.8 Å². The van der Waals surface area contributed by atoms with Gasteiger partial charge in [0.05, 0.1) is 5.41 Å². The molecule has 0 N–H and O–H groups in total. The summed E-state index contributed by atoms with van der Waals surface area (Å²) in [4.78, 5) is 0. The quantitative estimate of drug-likeness (QED) is 0.612. The van der Waals surface area contributed by atoms with Gasteiger partial charge in [-0.1, -0.05) is 33.6 Å². The van der Waals surface area contributed by atoms with Crippen LogP contribution < -0.4 is 0 Å². The first-order chi connectivity index (χ1) is 5.37. The lowest BCUT2D eigenvalue weighted by atomic mass is 9.81. The van der Waals surface area contributed by atoms with Gasteiger partial charge in [-0.2, -0.15) is 13.2 Å². The van der Waals surface area contributed by atoms with Crippen LogP contribution in [-0.4, -0.2) is 6.18 Å². The lowest BCUT2D eigenvalue weighted by Gasteiger charge is -2.31. The SMILES string of the molecule is CCCC(C)(CCC)C(F)(F)F. The van der Waals surface area contributed by atoms with E-state index in [2.05, 4.69) is 0 Å². The van der Waals surface area contributed by atoms with E-state index in [-0.39, 0.29) is 12.8 Å². The van der Waals surface area contributed by atoms with Crippen molar-refractivity contribution in [3.05, 3.63) is 0 Å². The fourth-order valence-corrected chi connectivity index (χ4v) is 1.51. The Hall–Kier alpha value is -0.210. The van der Waals surface area contributed by atoms with Crippen molar-refractivity contribution in [2.24, 2.45) is 5.41 Å². The Balaban J connectivity index is 4.38. The molecule has 0 unspecified atom stereocenters. The number of rotatable bonds is 4. The van der Waals surface area contributed by atoms with Gasteiger partial charge in [-0.15, -0.1) is 0 Å². The molecule has 12 heavy (non-hydrogen) atoms. The molecule has 0 saturated carbocycles. The highest BCUT2D eigenvalue weighted by atomic mass is 19.4. The van der Waals surface area contributed by atoms with E-state index in [0.29, 0.717) is 12.8 Å². The predicted octanol–water partition coefficient (Wildman–Crippen LogP) is 4.16. The van der Waals surface area contributed by atoms with Gasteiger partial charge in [0.1, 0.15) is 0 Å². The average molecular weight is 182 g/mol. The normalized spacial score (nSPS) is 13.5. The lowest BCUT2D eigenvalue weighted by Crippen LogP contribution is -2.34. The summed E-state index contributed by atoms with van der Waals surface area (Å²) in [7, 11) is 0. The highest BCUT2D eigenvalue weighted by Crippen LogP contribution is 2.44. The predicted molar refractivity (Wildman–Crippen MR) is 44.0 cm³/mol. The van der Waals surface area contributed by atoms with E-state index in [1.54, 1.807) is 13.8 Å². The molecule has 0 aliphatic carbocycles. The second-order valence-electron chi connectivity index (χ2n) is 3.56. The van der Waals surface area contributed by atoms with E-state index in [9.17, 15) is 13.2 Å². The molecular formula is C9H17F3.